The molecule has 2 rings (SSSR count). The van der Waals surface area contributed by atoms with Gasteiger partial charge in [0.25, 0.3) is 0 Å². The molecule has 0 aliphatic heterocycles. The van der Waals surface area contributed by atoms with Crippen molar-refractivity contribution >= 4 is 53.0 Å². The van der Waals surface area contributed by atoms with Crippen molar-refractivity contribution in [3.05, 3.63) is 45.4 Å². The van der Waals surface area contributed by atoms with E-state index >= 15 is 0 Å². The SMILES string of the molecule is CCc1cnc(CCNC(=NC)NCc2ccc(C)cc2SC)s1.I. The Morgan fingerprint density at radius 3 is 2.76 bits per heavy atom. The molecule has 0 fully saturated rings. The zero-order valence-electron chi connectivity index (χ0n) is 15.3. The van der Waals surface area contributed by atoms with E-state index in [0.717, 1.165) is 31.9 Å². The first-order valence-electron chi connectivity index (χ1n) is 8.17. The molecular formula is C18H27IN4S2. The molecule has 25 heavy (non-hydrogen) atoms. The van der Waals surface area contributed by atoms with Crippen LogP contribution < -0.4 is 10.6 Å². The Kier molecular flexibility index (Phi) is 10.4. The minimum atomic E-state index is 0. The lowest BCUT2D eigenvalue weighted by atomic mass is 10.1. The third-order valence-electron chi connectivity index (χ3n) is 3.69. The van der Waals surface area contributed by atoms with Crippen molar-refractivity contribution in [2.75, 3.05) is 19.8 Å². The van der Waals surface area contributed by atoms with Gasteiger partial charge in [0.2, 0.25) is 0 Å². The molecule has 7 heteroatoms. The van der Waals surface area contributed by atoms with E-state index in [0.29, 0.717) is 0 Å². The van der Waals surface area contributed by atoms with E-state index in [1.54, 1.807) is 30.1 Å². The quantitative estimate of drug-likeness (QED) is 0.264. The number of benzene rings is 1. The van der Waals surface area contributed by atoms with Crippen LogP contribution in [-0.2, 0) is 19.4 Å². The molecule has 0 atom stereocenters. The molecule has 1 heterocycles. The van der Waals surface area contributed by atoms with Gasteiger partial charge in [-0.25, -0.2) is 4.98 Å². The number of thiazole rings is 1. The first-order valence-corrected chi connectivity index (χ1v) is 10.2. The molecule has 0 saturated carbocycles. The van der Waals surface area contributed by atoms with E-state index in [-0.39, 0.29) is 24.0 Å². The maximum atomic E-state index is 4.45. The van der Waals surface area contributed by atoms with Crippen LogP contribution in [0.3, 0.4) is 0 Å². The molecule has 0 radical (unpaired) electrons. The number of aromatic nitrogens is 1. The summed E-state index contributed by atoms with van der Waals surface area (Å²) in [5.41, 5.74) is 2.59. The van der Waals surface area contributed by atoms with E-state index in [9.17, 15) is 0 Å². The Labute approximate surface area is 176 Å². The molecule has 1 aromatic heterocycles. The third-order valence-corrected chi connectivity index (χ3v) is 5.71. The molecule has 1 aromatic carbocycles. The number of thioether (sulfide) groups is 1. The van der Waals surface area contributed by atoms with Crippen LogP contribution in [0.2, 0.25) is 0 Å². The second-order valence-electron chi connectivity index (χ2n) is 5.49. The van der Waals surface area contributed by atoms with E-state index in [2.05, 4.69) is 58.9 Å². The maximum absolute atomic E-state index is 4.45. The van der Waals surface area contributed by atoms with E-state index in [4.69, 9.17) is 0 Å². The first kappa shape index (κ1) is 22.2. The number of hydrogen-bond acceptors (Lipinski definition) is 4. The fourth-order valence-corrected chi connectivity index (χ4v) is 3.88. The second-order valence-corrected chi connectivity index (χ2v) is 7.54. The Morgan fingerprint density at radius 2 is 2.12 bits per heavy atom. The van der Waals surface area contributed by atoms with Crippen LogP contribution in [0.25, 0.3) is 0 Å². The fraction of sp³-hybridized carbons (Fsp3) is 0.444. The Balaban J connectivity index is 0.00000312. The number of nitrogens with one attached hydrogen (secondary N) is 2. The Morgan fingerprint density at radius 1 is 1.32 bits per heavy atom. The molecule has 2 aromatic rings. The van der Waals surface area contributed by atoms with Crippen molar-refractivity contribution in [3.63, 3.8) is 0 Å². The minimum absolute atomic E-state index is 0. The number of nitrogens with zero attached hydrogens (tertiary/aromatic N) is 2. The van der Waals surface area contributed by atoms with Crippen molar-refractivity contribution in [1.82, 2.24) is 15.6 Å². The number of halogens is 1. The highest BCUT2D eigenvalue weighted by molar-refractivity contribution is 14.0. The van der Waals surface area contributed by atoms with Crippen LogP contribution >= 0.6 is 47.1 Å². The lowest BCUT2D eigenvalue weighted by Gasteiger charge is -2.13. The summed E-state index contributed by atoms with van der Waals surface area (Å²) in [6.45, 7) is 5.89. The average Bonchev–Trinajstić information content (AvgIpc) is 3.06. The summed E-state index contributed by atoms with van der Waals surface area (Å²) in [5, 5.41) is 7.93. The molecule has 0 bridgehead atoms. The Bertz CT molecular complexity index is 685. The monoisotopic (exact) mass is 490 g/mol. The molecule has 0 amide bonds. The van der Waals surface area contributed by atoms with Crippen LogP contribution in [0.15, 0.2) is 34.3 Å². The minimum Gasteiger partial charge on any atom is -0.356 e. The summed E-state index contributed by atoms with van der Waals surface area (Å²) < 4.78 is 0. The molecule has 0 aliphatic carbocycles. The van der Waals surface area contributed by atoms with Crippen molar-refractivity contribution < 1.29 is 0 Å². The summed E-state index contributed by atoms with van der Waals surface area (Å²) in [4.78, 5) is 11.4. The smallest absolute Gasteiger partial charge is 0.191 e. The van der Waals surface area contributed by atoms with Gasteiger partial charge >= 0.3 is 0 Å². The van der Waals surface area contributed by atoms with Crippen LogP contribution in [-0.4, -0.2) is 30.8 Å². The number of rotatable bonds is 7. The lowest BCUT2D eigenvalue weighted by molar-refractivity contribution is 0.786. The summed E-state index contributed by atoms with van der Waals surface area (Å²) in [7, 11) is 1.80. The van der Waals surface area contributed by atoms with Crippen LogP contribution in [0, 0.1) is 6.92 Å². The maximum Gasteiger partial charge on any atom is 0.191 e. The topological polar surface area (TPSA) is 49.3 Å². The molecular weight excluding hydrogens is 463 g/mol. The van der Waals surface area contributed by atoms with Crippen molar-refractivity contribution in [2.24, 2.45) is 4.99 Å². The summed E-state index contributed by atoms with van der Waals surface area (Å²) in [6.07, 6.45) is 6.08. The summed E-state index contributed by atoms with van der Waals surface area (Å²) in [5.74, 6) is 0.829. The normalized spacial score (nSPS) is 11.1. The lowest BCUT2D eigenvalue weighted by Crippen LogP contribution is -2.37. The van der Waals surface area contributed by atoms with Gasteiger partial charge in [-0.1, -0.05) is 19.1 Å². The van der Waals surface area contributed by atoms with Gasteiger partial charge in [0.05, 0.1) is 5.01 Å². The summed E-state index contributed by atoms with van der Waals surface area (Å²) in [6, 6.07) is 6.57. The zero-order chi connectivity index (χ0) is 17.4. The zero-order valence-corrected chi connectivity index (χ0v) is 19.2. The van der Waals surface area contributed by atoms with Gasteiger partial charge in [0.1, 0.15) is 0 Å². The largest absolute Gasteiger partial charge is 0.356 e. The number of aryl methyl sites for hydroxylation is 2. The van der Waals surface area contributed by atoms with Crippen LogP contribution in [0.4, 0.5) is 0 Å². The molecule has 0 unspecified atom stereocenters. The van der Waals surface area contributed by atoms with Crippen molar-refractivity contribution in [1.29, 1.82) is 0 Å². The molecule has 0 spiro atoms. The average molecular weight is 490 g/mol. The molecule has 0 aliphatic rings. The fourth-order valence-electron chi connectivity index (χ4n) is 2.31. The van der Waals surface area contributed by atoms with Crippen LogP contribution in [0.5, 0.6) is 0 Å². The Hall–Kier alpha value is -0.800. The summed E-state index contributed by atoms with van der Waals surface area (Å²) >= 11 is 3.58. The van der Waals surface area contributed by atoms with Gasteiger partial charge in [-0.05, 0) is 36.8 Å². The number of aliphatic imine (C=N–C) groups is 1. The van der Waals surface area contributed by atoms with Crippen molar-refractivity contribution in [3.8, 4) is 0 Å². The number of hydrogen-bond donors (Lipinski definition) is 2. The highest BCUT2D eigenvalue weighted by Gasteiger charge is 2.05. The van der Waals surface area contributed by atoms with E-state index in [1.807, 2.05) is 6.20 Å². The van der Waals surface area contributed by atoms with Gasteiger partial charge in [0.15, 0.2) is 5.96 Å². The van der Waals surface area contributed by atoms with Gasteiger partial charge in [0, 0.05) is 42.5 Å². The molecule has 0 saturated heterocycles. The first-order chi connectivity index (χ1) is 11.7. The predicted molar refractivity (Wildman–Crippen MR) is 122 cm³/mol. The standard InChI is InChI=1S/C18H26N4S2.HI/c1-5-15-12-21-17(24-15)8-9-20-18(19-3)22-11-14-7-6-13(2)10-16(14)23-4;/h6-7,10,12H,5,8-9,11H2,1-4H3,(H2,19,20,22);1H. The highest BCUT2D eigenvalue weighted by atomic mass is 127. The second kappa shape index (κ2) is 11.7. The highest BCUT2D eigenvalue weighted by Crippen LogP contribution is 2.21. The van der Waals surface area contributed by atoms with Gasteiger partial charge in [-0.15, -0.1) is 47.1 Å². The van der Waals surface area contributed by atoms with Gasteiger partial charge in [-0.3, -0.25) is 4.99 Å². The predicted octanol–water partition coefficient (Wildman–Crippen LogP) is 4.26. The van der Waals surface area contributed by atoms with E-state index in [1.165, 1.54) is 25.9 Å². The molecule has 138 valence electrons. The number of guanidine groups is 1. The third kappa shape index (κ3) is 7.15. The van der Waals surface area contributed by atoms with Gasteiger partial charge in [-0.2, -0.15) is 0 Å². The molecule has 2 N–H and O–H groups in total. The van der Waals surface area contributed by atoms with Gasteiger partial charge < -0.3 is 10.6 Å². The van der Waals surface area contributed by atoms with Crippen LogP contribution in [0.1, 0.15) is 27.9 Å². The van der Waals surface area contributed by atoms with E-state index < -0.39 is 0 Å². The van der Waals surface area contributed by atoms with Crippen molar-refractivity contribution in [2.45, 2.75) is 38.1 Å². The molecule has 4 nitrogen and oxygen atoms in total.